The van der Waals surface area contributed by atoms with Crippen molar-refractivity contribution in [3.05, 3.63) is 64.5 Å². The van der Waals surface area contributed by atoms with Crippen LogP contribution in [-0.4, -0.2) is 17.1 Å². The molecule has 1 heterocycles. The molecule has 122 valence electrons. The van der Waals surface area contributed by atoms with E-state index in [-0.39, 0.29) is 5.82 Å². The van der Waals surface area contributed by atoms with Crippen LogP contribution in [0, 0.1) is 5.82 Å². The molecular formula is C17H12Cl2FN3O. The molecular weight excluding hydrogens is 352 g/mol. The highest BCUT2D eigenvalue weighted by Crippen LogP contribution is 2.36. The van der Waals surface area contributed by atoms with Crippen molar-refractivity contribution in [3.63, 3.8) is 0 Å². The standard InChI is InChI=1S/C17H12Cl2FN3O/c1-24-16-13(18)7-10(8-14(16)19)15-5-6-21-17(23-15)22-12-4-2-3-11(20)9-12/h2-9H,1H3,(H,21,22,23). The van der Waals surface area contributed by atoms with Gasteiger partial charge in [-0.15, -0.1) is 0 Å². The Balaban J connectivity index is 1.93. The molecule has 2 aromatic carbocycles. The number of nitrogens with one attached hydrogen (secondary N) is 1. The Hall–Kier alpha value is -2.37. The minimum Gasteiger partial charge on any atom is -0.494 e. The number of halogens is 3. The van der Waals surface area contributed by atoms with E-state index in [4.69, 9.17) is 27.9 Å². The van der Waals surface area contributed by atoms with Gasteiger partial charge in [0.1, 0.15) is 5.82 Å². The number of aromatic nitrogens is 2. The van der Waals surface area contributed by atoms with Crippen molar-refractivity contribution < 1.29 is 9.13 Å². The van der Waals surface area contributed by atoms with Gasteiger partial charge in [-0.05, 0) is 36.4 Å². The molecule has 0 unspecified atom stereocenters. The molecule has 0 fully saturated rings. The van der Waals surface area contributed by atoms with Gasteiger partial charge in [-0.25, -0.2) is 14.4 Å². The summed E-state index contributed by atoms with van der Waals surface area (Å²) >= 11 is 12.3. The third-order valence-corrected chi connectivity index (χ3v) is 3.80. The topological polar surface area (TPSA) is 47.0 Å². The molecule has 0 amide bonds. The van der Waals surface area contributed by atoms with E-state index in [1.807, 2.05) is 0 Å². The summed E-state index contributed by atoms with van der Waals surface area (Å²) in [7, 11) is 1.50. The van der Waals surface area contributed by atoms with Crippen LogP contribution in [0.5, 0.6) is 5.75 Å². The molecule has 0 spiro atoms. The first-order valence-corrected chi connectivity index (χ1v) is 7.71. The van der Waals surface area contributed by atoms with Gasteiger partial charge in [-0.1, -0.05) is 29.3 Å². The van der Waals surface area contributed by atoms with Crippen LogP contribution in [0.2, 0.25) is 10.0 Å². The largest absolute Gasteiger partial charge is 0.494 e. The van der Waals surface area contributed by atoms with Crippen molar-refractivity contribution in [3.8, 4) is 17.0 Å². The molecule has 1 N–H and O–H groups in total. The lowest BCUT2D eigenvalue weighted by atomic mass is 10.1. The lowest BCUT2D eigenvalue weighted by Gasteiger charge is -2.10. The van der Waals surface area contributed by atoms with Gasteiger partial charge in [0, 0.05) is 17.4 Å². The van der Waals surface area contributed by atoms with Gasteiger partial charge in [-0.2, -0.15) is 0 Å². The Bertz CT molecular complexity index is 866. The Kier molecular flexibility index (Phi) is 4.83. The fourth-order valence-electron chi connectivity index (χ4n) is 2.18. The van der Waals surface area contributed by atoms with Crippen molar-refractivity contribution in [1.82, 2.24) is 9.97 Å². The van der Waals surface area contributed by atoms with E-state index in [1.165, 1.54) is 19.2 Å². The van der Waals surface area contributed by atoms with Crippen molar-refractivity contribution >= 4 is 34.8 Å². The third-order valence-electron chi connectivity index (χ3n) is 3.23. The second-order valence-electron chi connectivity index (χ2n) is 4.87. The number of methoxy groups -OCH3 is 1. The van der Waals surface area contributed by atoms with Crippen LogP contribution in [0.1, 0.15) is 0 Å². The zero-order valence-corrected chi connectivity index (χ0v) is 14.1. The van der Waals surface area contributed by atoms with E-state index < -0.39 is 0 Å². The van der Waals surface area contributed by atoms with Gasteiger partial charge in [0.05, 0.1) is 22.8 Å². The monoisotopic (exact) mass is 363 g/mol. The van der Waals surface area contributed by atoms with Crippen molar-refractivity contribution in [2.75, 3.05) is 12.4 Å². The molecule has 0 aliphatic carbocycles. The van der Waals surface area contributed by atoms with Crippen LogP contribution >= 0.6 is 23.2 Å². The van der Waals surface area contributed by atoms with Gasteiger partial charge >= 0.3 is 0 Å². The maximum Gasteiger partial charge on any atom is 0.227 e. The number of hydrogen-bond donors (Lipinski definition) is 1. The molecule has 3 rings (SSSR count). The number of ether oxygens (including phenoxy) is 1. The summed E-state index contributed by atoms with van der Waals surface area (Å²) in [5.41, 5.74) is 1.89. The second kappa shape index (κ2) is 7.03. The fourth-order valence-corrected chi connectivity index (χ4v) is 2.82. The lowest BCUT2D eigenvalue weighted by molar-refractivity contribution is 0.415. The van der Waals surface area contributed by atoms with Crippen molar-refractivity contribution in [1.29, 1.82) is 0 Å². The third kappa shape index (κ3) is 3.58. The molecule has 1 aromatic heterocycles. The highest BCUT2D eigenvalue weighted by atomic mass is 35.5. The van der Waals surface area contributed by atoms with Gasteiger partial charge in [-0.3, -0.25) is 0 Å². The zero-order chi connectivity index (χ0) is 17.1. The average molecular weight is 364 g/mol. The van der Waals surface area contributed by atoms with Gasteiger partial charge in [0.25, 0.3) is 0 Å². The smallest absolute Gasteiger partial charge is 0.227 e. The van der Waals surface area contributed by atoms with Crippen LogP contribution in [0.25, 0.3) is 11.3 Å². The maximum absolute atomic E-state index is 13.3. The zero-order valence-electron chi connectivity index (χ0n) is 12.6. The highest BCUT2D eigenvalue weighted by molar-refractivity contribution is 6.37. The van der Waals surface area contributed by atoms with E-state index in [0.717, 1.165) is 5.56 Å². The fraction of sp³-hybridized carbons (Fsp3) is 0.0588. The predicted molar refractivity (Wildman–Crippen MR) is 93.7 cm³/mol. The first-order chi connectivity index (χ1) is 11.6. The minimum absolute atomic E-state index is 0.334. The molecule has 0 saturated carbocycles. The number of rotatable bonds is 4. The molecule has 0 aliphatic heterocycles. The molecule has 0 radical (unpaired) electrons. The molecule has 0 bridgehead atoms. The second-order valence-corrected chi connectivity index (χ2v) is 5.69. The van der Waals surface area contributed by atoms with Crippen LogP contribution in [-0.2, 0) is 0 Å². The Labute approximate surface area is 148 Å². The summed E-state index contributed by atoms with van der Waals surface area (Å²) in [6.07, 6.45) is 1.59. The molecule has 4 nitrogen and oxygen atoms in total. The molecule has 24 heavy (non-hydrogen) atoms. The van der Waals surface area contributed by atoms with Crippen molar-refractivity contribution in [2.24, 2.45) is 0 Å². The molecule has 0 saturated heterocycles. The highest BCUT2D eigenvalue weighted by Gasteiger charge is 2.11. The van der Waals surface area contributed by atoms with Gasteiger partial charge < -0.3 is 10.1 Å². The minimum atomic E-state index is -0.343. The summed E-state index contributed by atoms with van der Waals surface area (Å²) in [6.45, 7) is 0. The summed E-state index contributed by atoms with van der Waals surface area (Å²) < 4.78 is 18.4. The van der Waals surface area contributed by atoms with Gasteiger partial charge in [0.15, 0.2) is 5.75 Å². The van der Waals surface area contributed by atoms with Crippen LogP contribution in [0.4, 0.5) is 16.0 Å². The van der Waals surface area contributed by atoms with E-state index >= 15 is 0 Å². The summed E-state index contributed by atoms with van der Waals surface area (Å²) in [4.78, 5) is 8.54. The van der Waals surface area contributed by atoms with E-state index in [0.29, 0.717) is 33.1 Å². The Morgan fingerprint density at radius 1 is 1.08 bits per heavy atom. The average Bonchev–Trinajstić information content (AvgIpc) is 2.55. The molecule has 0 aliphatic rings. The summed E-state index contributed by atoms with van der Waals surface area (Å²) in [5, 5.41) is 3.73. The Morgan fingerprint density at radius 3 is 2.50 bits per heavy atom. The summed E-state index contributed by atoms with van der Waals surface area (Å²) in [5.74, 6) is 0.403. The molecule has 3 aromatic rings. The normalized spacial score (nSPS) is 10.5. The Morgan fingerprint density at radius 2 is 1.83 bits per heavy atom. The molecule has 0 atom stereocenters. The van der Waals surface area contributed by atoms with Gasteiger partial charge in [0.2, 0.25) is 5.95 Å². The van der Waals surface area contributed by atoms with Crippen molar-refractivity contribution in [2.45, 2.75) is 0 Å². The first kappa shape index (κ1) is 16.5. The predicted octanol–water partition coefficient (Wildman–Crippen LogP) is 5.34. The lowest BCUT2D eigenvalue weighted by Crippen LogP contribution is -1.98. The first-order valence-electron chi connectivity index (χ1n) is 6.96. The number of benzene rings is 2. The number of hydrogen-bond acceptors (Lipinski definition) is 4. The summed E-state index contributed by atoms with van der Waals surface area (Å²) in [6, 6.07) is 11.2. The maximum atomic E-state index is 13.3. The van der Waals surface area contributed by atoms with E-state index in [9.17, 15) is 4.39 Å². The van der Waals surface area contributed by atoms with E-state index in [2.05, 4.69) is 15.3 Å². The van der Waals surface area contributed by atoms with Crippen LogP contribution in [0.15, 0.2) is 48.7 Å². The number of anilines is 2. The van der Waals surface area contributed by atoms with Crippen LogP contribution in [0.3, 0.4) is 0 Å². The number of nitrogens with zero attached hydrogens (tertiary/aromatic N) is 2. The SMILES string of the molecule is COc1c(Cl)cc(-c2ccnc(Nc3cccc(F)c3)n2)cc1Cl. The van der Waals surface area contributed by atoms with Crippen LogP contribution < -0.4 is 10.1 Å². The quantitative estimate of drug-likeness (QED) is 0.679. The van der Waals surface area contributed by atoms with E-state index in [1.54, 1.807) is 36.5 Å². The molecule has 7 heteroatoms.